The van der Waals surface area contributed by atoms with E-state index in [1.807, 2.05) is 6.07 Å². The highest BCUT2D eigenvalue weighted by Gasteiger charge is 2.19. The van der Waals surface area contributed by atoms with Crippen LogP contribution < -0.4 is 15.8 Å². The Bertz CT molecular complexity index is 438. The van der Waals surface area contributed by atoms with Gasteiger partial charge in [0.05, 0.1) is 18.9 Å². The zero-order chi connectivity index (χ0) is 13.8. The molecule has 0 spiro atoms. The first-order chi connectivity index (χ1) is 9.83. The van der Waals surface area contributed by atoms with Crippen molar-refractivity contribution in [1.29, 1.82) is 0 Å². The molecule has 0 atom stereocenters. The lowest BCUT2D eigenvalue weighted by Crippen LogP contribution is -2.27. The highest BCUT2D eigenvalue weighted by atomic mass is 16.5. The Morgan fingerprint density at radius 1 is 1.10 bits per heavy atom. The lowest BCUT2D eigenvalue weighted by molar-refractivity contribution is 0.0258. The summed E-state index contributed by atoms with van der Waals surface area (Å²) >= 11 is 0. The van der Waals surface area contributed by atoms with Gasteiger partial charge in [0.25, 0.3) is 0 Å². The smallest absolute Gasteiger partial charge is 0.142 e. The van der Waals surface area contributed by atoms with Gasteiger partial charge in [0.15, 0.2) is 0 Å². The first kappa shape index (κ1) is 13.7. The molecule has 2 aliphatic heterocycles. The van der Waals surface area contributed by atoms with Crippen LogP contribution in [0.5, 0.6) is 5.75 Å². The molecule has 2 saturated heterocycles. The summed E-state index contributed by atoms with van der Waals surface area (Å²) < 4.78 is 11.5. The van der Waals surface area contributed by atoms with E-state index in [9.17, 15) is 0 Å². The molecule has 2 heterocycles. The Morgan fingerprint density at radius 3 is 2.60 bits per heavy atom. The number of piperidine rings is 1. The molecule has 4 nitrogen and oxygen atoms in total. The maximum atomic E-state index is 6.10. The molecule has 0 radical (unpaired) electrons. The largest absolute Gasteiger partial charge is 0.488 e. The van der Waals surface area contributed by atoms with Gasteiger partial charge in [-0.1, -0.05) is 6.07 Å². The maximum absolute atomic E-state index is 6.10. The molecule has 4 heteroatoms. The van der Waals surface area contributed by atoms with E-state index in [0.29, 0.717) is 5.92 Å². The second-order valence-corrected chi connectivity index (χ2v) is 5.75. The summed E-state index contributed by atoms with van der Waals surface area (Å²) in [5, 5.41) is 3.41. The van der Waals surface area contributed by atoms with Gasteiger partial charge in [0.2, 0.25) is 0 Å². The number of nitrogens with two attached hydrogens (primary N) is 1. The Hall–Kier alpha value is -1.26. The second kappa shape index (κ2) is 6.46. The molecule has 0 bridgehead atoms. The lowest BCUT2D eigenvalue weighted by Gasteiger charge is -2.26. The highest BCUT2D eigenvalue weighted by molar-refractivity contribution is 5.54. The Kier molecular flexibility index (Phi) is 4.43. The van der Waals surface area contributed by atoms with Crippen molar-refractivity contribution in [2.45, 2.75) is 37.7 Å². The molecule has 3 rings (SSSR count). The maximum Gasteiger partial charge on any atom is 0.142 e. The number of ether oxygens (including phenoxy) is 2. The number of hydrogen-bond donors (Lipinski definition) is 2. The van der Waals surface area contributed by atoms with Crippen LogP contribution in [0.15, 0.2) is 18.2 Å². The molecule has 1 aromatic rings. The summed E-state index contributed by atoms with van der Waals surface area (Å²) in [7, 11) is 0. The van der Waals surface area contributed by atoms with E-state index in [4.69, 9.17) is 15.2 Å². The van der Waals surface area contributed by atoms with Gasteiger partial charge in [-0.15, -0.1) is 0 Å². The summed E-state index contributed by atoms with van der Waals surface area (Å²) in [6.07, 6.45) is 4.55. The van der Waals surface area contributed by atoms with Crippen LogP contribution in [0.2, 0.25) is 0 Å². The molecule has 3 N–H and O–H groups in total. The van der Waals surface area contributed by atoms with E-state index >= 15 is 0 Å². The van der Waals surface area contributed by atoms with Crippen molar-refractivity contribution in [1.82, 2.24) is 5.32 Å². The minimum atomic E-state index is 0.245. The standard InChI is InChI=1S/C16H24N2O2/c17-15-2-1-13(12-3-7-18-8-4-12)11-16(15)20-14-5-9-19-10-6-14/h1-2,11-12,14,18H,3-10,17H2. The number of anilines is 1. The molecule has 0 amide bonds. The van der Waals surface area contributed by atoms with Crippen molar-refractivity contribution >= 4 is 5.69 Å². The zero-order valence-electron chi connectivity index (χ0n) is 11.9. The van der Waals surface area contributed by atoms with Crippen molar-refractivity contribution in [3.63, 3.8) is 0 Å². The van der Waals surface area contributed by atoms with Gasteiger partial charge in [-0.3, -0.25) is 0 Å². The summed E-state index contributed by atoms with van der Waals surface area (Å²) in [5.74, 6) is 1.49. The van der Waals surface area contributed by atoms with Gasteiger partial charge in [-0.2, -0.15) is 0 Å². The topological polar surface area (TPSA) is 56.5 Å². The van der Waals surface area contributed by atoms with Gasteiger partial charge in [-0.25, -0.2) is 0 Å². The average Bonchev–Trinajstić information content (AvgIpc) is 2.51. The molecule has 0 unspecified atom stereocenters. The minimum Gasteiger partial charge on any atom is -0.488 e. The predicted molar refractivity (Wildman–Crippen MR) is 80.2 cm³/mol. The third-order valence-corrected chi connectivity index (χ3v) is 4.31. The molecule has 1 aromatic carbocycles. The zero-order valence-corrected chi connectivity index (χ0v) is 11.9. The van der Waals surface area contributed by atoms with Crippen LogP contribution in [0.3, 0.4) is 0 Å². The lowest BCUT2D eigenvalue weighted by atomic mass is 9.90. The van der Waals surface area contributed by atoms with Crippen LogP contribution >= 0.6 is 0 Å². The fourth-order valence-electron chi connectivity index (χ4n) is 3.04. The molecular formula is C16H24N2O2. The van der Waals surface area contributed by atoms with Gasteiger partial charge >= 0.3 is 0 Å². The highest BCUT2D eigenvalue weighted by Crippen LogP contribution is 2.32. The third-order valence-electron chi connectivity index (χ3n) is 4.31. The Labute approximate surface area is 120 Å². The predicted octanol–water partition coefficient (Wildman–Crippen LogP) is 2.29. The van der Waals surface area contributed by atoms with Crippen molar-refractivity contribution in [2.75, 3.05) is 32.0 Å². The molecule has 110 valence electrons. The normalized spacial score (nSPS) is 21.8. The monoisotopic (exact) mass is 276 g/mol. The summed E-state index contributed by atoms with van der Waals surface area (Å²) in [5.41, 5.74) is 8.18. The van der Waals surface area contributed by atoms with Crippen LogP contribution in [0.25, 0.3) is 0 Å². The SMILES string of the molecule is Nc1ccc(C2CCNCC2)cc1OC1CCOCC1. The summed E-state index contributed by atoms with van der Waals surface area (Å²) in [6.45, 7) is 3.79. The molecule has 2 fully saturated rings. The first-order valence-electron chi connectivity index (χ1n) is 7.67. The molecular weight excluding hydrogens is 252 g/mol. The van der Waals surface area contributed by atoms with E-state index in [1.165, 1.54) is 18.4 Å². The molecule has 0 aliphatic carbocycles. The summed E-state index contributed by atoms with van der Waals surface area (Å²) in [4.78, 5) is 0. The number of nitrogen functional groups attached to an aromatic ring is 1. The Balaban J connectivity index is 1.72. The second-order valence-electron chi connectivity index (χ2n) is 5.75. The number of nitrogens with one attached hydrogen (secondary N) is 1. The van der Waals surface area contributed by atoms with E-state index in [-0.39, 0.29) is 6.10 Å². The van der Waals surface area contributed by atoms with E-state index in [0.717, 1.165) is 50.6 Å². The first-order valence-corrected chi connectivity index (χ1v) is 7.67. The molecule has 2 aliphatic rings. The van der Waals surface area contributed by atoms with E-state index < -0.39 is 0 Å². The van der Waals surface area contributed by atoms with E-state index in [1.54, 1.807) is 0 Å². The van der Waals surface area contributed by atoms with Crippen LogP contribution in [0.4, 0.5) is 5.69 Å². The van der Waals surface area contributed by atoms with Gasteiger partial charge in [0, 0.05) is 12.8 Å². The molecule has 0 saturated carbocycles. The number of rotatable bonds is 3. The van der Waals surface area contributed by atoms with Gasteiger partial charge in [-0.05, 0) is 49.5 Å². The van der Waals surface area contributed by atoms with Gasteiger partial charge < -0.3 is 20.5 Å². The fourth-order valence-corrected chi connectivity index (χ4v) is 3.04. The fraction of sp³-hybridized carbons (Fsp3) is 0.625. The van der Waals surface area contributed by atoms with Gasteiger partial charge in [0.1, 0.15) is 11.9 Å². The van der Waals surface area contributed by atoms with Crippen molar-refractivity contribution in [3.8, 4) is 5.75 Å². The summed E-state index contributed by atoms with van der Waals surface area (Å²) in [6, 6.07) is 6.30. The van der Waals surface area contributed by atoms with Crippen LogP contribution in [0.1, 0.15) is 37.2 Å². The van der Waals surface area contributed by atoms with Crippen molar-refractivity contribution < 1.29 is 9.47 Å². The third kappa shape index (κ3) is 3.25. The van der Waals surface area contributed by atoms with E-state index in [2.05, 4.69) is 17.4 Å². The average molecular weight is 276 g/mol. The number of hydrogen-bond acceptors (Lipinski definition) is 4. The Morgan fingerprint density at radius 2 is 1.85 bits per heavy atom. The van der Waals surface area contributed by atoms with Crippen LogP contribution in [0, 0.1) is 0 Å². The quantitative estimate of drug-likeness (QED) is 0.832. The van der Waals surface area contributed by atoms with Crippen molar-refractivity contribution in [2.24, 2.45) is 0 Å². The van der Waals surface area contributed by atoms with Crippen LogP contribution in [-0.2, 0) is 4.74 Å². The molecule has 0 aromatic heterocycles. The van der Waals surface area contributed by atoms with Crippen LogP contribution in [-0.4, -0.2) is 32.4 Å². The minimum absolute atomic E-state index is 0.245. The number of benzene rings is 1. The van der Waals surface area contributed by atoms with Crippen molar-refractivity contribution in [3.05, 3.63) is 23.8 Å². The molecule has 20 heavy (non-hydrogen) atoms.